The molecule has 4 N–H and O–H groups in total. The molecule has 2 aromatic carbocycles. The van der Waals surface area contributed by atoms with Crippen LogP contribution in [0.4, 0.5) is 5.82 Å². The van der Waals surface area contributed by atoms with Crippen molar-refractivity contribution >= 4 is 22.8 Å². The topological polar surface area (TPSA) is 122 Å². The van der Waals surface area contributed by atoms with E-state index in [4.69, 9.17) is 15.5 Å². The number of amides is 1. The Kier molecular flexibility index (Phi) is 5.97. The van der Waals surface area contributed by atoms with Gasteiger partial charge in [0.1, 0.15) is 5.69 Å². The van der Waals surface area contributed by atoms with E-state index in [-0.39, 0.29) is 11.7 Å². The number of nitrogens with one attached hydrogen (secondary N) is 2. The molecule has 1 fully saturated rings. The lowest BCUT2D eigenvalue weighted by molar-refractivity contribution is 0.0383. The second-order valence-corrected chi connectivity index (χ2v) is 7.88. The largest absolute Gasteiger partial charge is 0.382 e. The summed E-state index contributed by atoms with van der Waals surface area (Å²) in [6.07, 6.45) is 1.61. The molecule has 1 aliphatic rings. The smallest absolute Gasteiger partial charge is 0.251 e. The fourth-order valence-electron chi connectivity index (χ4n) is 3.85. The summed E-state index contributed by atoms with van der Waals surface area (Å²) >= 11 is 0. The molecule has 9 nitrogen and oxygen atoms in total. The Morgan fingerprint density at radius 1 is 1.12 bits per heavy atom. The Hall–Kier alpha value is -3.82. The molecule has 1 aliphatic heterocycles. The van der Waals surface area contributed by atoms with E-state index in [2.05, 4.69) is 25.2 Å². The molecule has 3 heterocycles. The molecule has 1 amide bonds. The first-order valence-electron chi connectivity index (χ1n) is 10.9. The maximum Gasteiger partial charge on any atom is 0.251 e. The number of carbonyl (C=O) groups is 1. The number of aromatic nitrogens is 4. The number of carbonyl (C=O) groups excluding carboxylic acids is 1. The summed E-state index contributed by atoms with van der Waals surface area (Å²) in [5.74, 6) is 0.723. The molecular formula is C24H25N7O2. The number of hydrogen-bond acceptors (Lipinski definition) is 7. The van der Waals surface area contributed by atoms with Crippen LogP contribution < -0.4 is 11.1 Å². The molecule has 0 atom stereocenters. The van der Waals surface area contributed by atoms with Gasteiger partial charge in [-0.25, -0.2) is 15.0 Å². The van der Waals surface area contributed by atoms with Gasteiger partial charge in [-0.2, -0.15) is 0 Å². The maximum atomic E-state index is 12.7. The summed E-state index contributed by atoms with van der Waals surface area (Å²) in [6.45, 7) is 4.67. The lowest BCUT2D eigenvalue weighted by Crippen LogP contribution is -2.41. The molecule has 5 rings (SSSR count). The summed E-state index contributed by atoms with van der Waals surface area (Å²) in [6, 6.07) is 15.1. The van der Waals surface area contributed by atoms with Gasteiger partial charge in [-0.3, -0.25) is 9.69 Å². The zero-order chi connectivity index (χ0) is 22.6. The minimum atomic E-state index is -0.119. The van der Waals surface area contributed by atoms with Gasteiger partial charge < -0.3 is 20.8 Å². The number of anilines is 1. The summed E-state index contributed by atoms with van der Waals surface area (Å²) in [5, 5.41) is 2.99. The number of ether oxygens (including phenoxy) is 1. The van der Waals surface area contributed by atoms with E-state index in [0.29, 0.717) is 29.3 Å². The number of nitrogen functional groups attached to an aromatic ring is 1. The number of nitrogens with two attached hydrogens (primary N) is 1. The summed E-state index contributed by atoms with van der Waals surface area (Å²) in [4.78, 5) is 31.8. The monoisotopic (exact) mass is 443 g/mol. The van der Waals surface area contributed by atoms with Crippen LogP contribution >= 0.6 is 0 Å². The molecule has 168 valence electrons. The summed E-state index contributed by atoms with van der Waals surface area (Å²) in [7, 11) is 0. The van der Waals surface area contributed by atoms with Crippen LogP contribution in [0.2, 0.25) is 0 Å². The van der Waals surface area contributed by atoms with E-state index in [1.165, 1.54) is 0 Å². The molecule has 0 aliphatic carbocycles. The lowest BCUT2D eigenvalue weighted by Gasteiger charge is -2.26. The lowest BCUT2D eigenvalue weighted by atomic mass is 10.1. The third-order valence-corrected chi connectivity index (χ3v) is 5.65. The van der Waals surface area contributed by atoms with E-state index < -0.39 is 0 Å². The zero-order valence-electron chi connectivity index (χ0n) is 18.1. The van der Waals surface area contributed by atoms with Crippen LogP contribution in [0.3, 0.4) is 0 Å². The van der Waals surface area contributed by atoms with Crippen molar-refractivity contribution in [3.05, 3.63) is 60.3 Å². The highest BCUT2D eigenvalue weighted by Gasteiger charge is 2.15. The van der Waals surface area contributed by atoms with Gasteiger partial charge in [0, 0.05) is 37.3 Å². The number of aromatic amines is 1. The normalized spacial score (nSPS) is 14.4. The molecule has 0 bridgehead atoms. The Morgan fingerprint density at radius 2 is 1.97 bits per heavy atom. The van der Waals surface area contributed by atoms with Crippen molar-refractivity contribution < 1.29 is 9.53 Å². The molecule has 9 heteroatoms. The molecule has 1 saturated heterocycles. The number of benzene rings is 2. The van der Waals surface area contributed by atoms with Gasteiger partial charge in [0.25, 0.3) is 5.91 Å². The quantitative estimate of drug-likeness (QED) is 0.418. The molecule has 33 heavy (non-hydrogen) atoms. The Balaban J connectivity index is 1.33. The minimum Gasteiger partial charge on any atom is -0.382 e. The number of rotatable bonds is 6. The maximum absolute atomic E-state index is 12.7. The van der Waals surface area contributed by atoms with Crippen molar-refractivity contribution in [1.29, 1.82) is 0 Å². The van der Waals surface area contributed by atoms with Crippen LogP contribution in [0.1, 0.15) is 10.4 Å². The number of imidazole rings is 1. The van der Waals surface area contributed by atoms with Crippen molar-refractivity contribution in [1.82, 2.24) is 30.2 Å². The van der Waals surface area contributed by atoms with Crippen molar-refractivity contribution in [2.45, 2.75) is 0 Å². The number of para-hydroxylation sites is 2. The van der Waals surface area contributed by atoms with Gasteiger partial charge in [-0.1, -0.05) is 24.3 Å². The van der Waals surface area contributed by atoms with E-state index in [9.17, 15) is 4.79 Å². The van der Waals surface area contributed by atoms with Crippen molar-refractivity contribution in [3.8, 4) is 22.8 Å². The highest BCUT2D eigenvalue weighted by Crippen LogP contribution is 2.26. The first-order chi connectivity index (χ1) is 16.2. The molecule has 0 unspecified atom stereocenters. The zero-order valence-corrected chi connectivity index (χ0v) is 18.1. The Bertz CT molecular complexity index is 1250. The van der Waals surface area contributed by atoms with Crippen molar-refractivity contribution in [2.75, 3.05) is 45.1 Å². The number of hydrogen-bond donors (Lipinski definition) is 3. The fourth-order valence-corrected chi connectivity index (χ4v) is 3.85. The van der Waals surface area contributed by atoms with Crippen LogP contribution in [0.5, 0.6) is 0 Å². The van der Waals surface area contributed by atoms with Crippen LogP contribution in [-0.2, 0) is 4.74 Å². The molecule has 0 spiro atoms. The van der Waals surface area contributed by atoms with E-state index in [0.717, 1.165) is 49.4 Å². The van der Waals surface area contributed by atoms with Gasteiger partial charge in [0.15, 0.2) is 11.6 Å². The highest BCUT2D eigenvalue weighted by molar-refractivity contribution is 5.95. The second kappa shape index (κ2) is 9.35. The van der Waals surface area contributed by atoms with Gasteiger partial charge in [-0.05, 0) is 24.3 Å². The average molecular weight is 444 g/mol. The number of morpholine rings is 1. The standard InChI is InChI=1S/C24H25N7O2/c25-22-21(23-29-18-6-1-2-7-19(18)30-23)28-20(15-27-22)16-4-3-5-17(14-16)24(32)26-8-9-31-10-12-33-13-11-31/h1-7,14-15H,8-13H2,(H2,25,27)(H,26,32)(H,29,30). The van der Waals surface area contributed by atoms with Crippen LogP contribution in [0.25, 0.3) is 33.8 Å². The third kappa shape index (κ3) is 4.69. The first kappa shape index (κ1) is 21.0. The van der Waals surface area contributed by atoms with Gasteiger partial charge in [0.05, 0.1) is 36.1 Å². The number of nitrogens with zero attached hydrogens (tertiary/aromatic N) is 4. The molecule has 0 saturated carbocycles. The number of fused-ring (bicyclic) bond motifs is 1. The van der Waals surface area contributed by atoms with E-state index >= 15 is 0 Å². The fraction of sp³-hybridized carbons (Fsp3) is 0.250. The third-order valence-electron chi connectivity index (χ3n) is 5.65. The van der Waals surface area contributed by atoms with Crippen molar-refractivity contribution in [3.63, 3.8) is 0 Å². The van der Waals surface area contributed by atoms with E-state index in [1.807, 2.05) is 42.5 Å². The van der Waals surface area contributed by atoms with Gasteiger partial charge in [-0.15, -0.1) is 0 Å². The summed E-state index contributed by atoms with van der Waals surface area (Å²) < 4.78 is 5.36. The minimum absolute atomic E-state index is 0.119. The van der Waals surface area contributed by atoms with Gasteiger partial charge in [0.2, 0.25) is 0 Å². The van der Waals surface area contributed by atoms with E-state index in [1.54, 1.807) is 12.3 Å². The van der Waals surface area contributed by atoms with Crippen LogP contribution in [0, 0.1) is 0 Å². The van der Waals surface area contributed by atoms with Crippen LogP contribution in [-0.4, -0.2) is 70.1 Å². The second-order valence-electron chi connectivity index (χ2n) is 7.88. The molecule has 4 aromatic rings. The van der Waals surface area contributed by atoms with Crippen LogP contribution in [0.15, 0.2) is 54.7 Å². The molecule has 2 aromatic heterocycles. The SMILES string of the molecule is Nc1ncc(-c2cccc(C(=O)NCCN3CCOCC3)c2)nc1-c1nc2ccccc2[nH]1. The molecular weight excluding hydrogens is 418 g/mol. The Morgan fingerprint density at radius 3 is 2.82 bits per heavy atom. The predicted molar refractivity (Wildman–Crippen MR) is 127 cm³/mol. The highest BCUT2D eigenvalue weighted by atomic mass is 16.5. The predicted octanol–water partition coefficient (Wildman–Crippen LogP) is 2.33. The average Bonchev–Trinajstić information content (AvgIpc) is 3.29. The van der Waals surface area contributed by atoms with Gasteiger partial charge >= 0.3 is 0 Å². The Labute approximate surface area is 191 Å². The molecule has 0 radical (unpaired) electrons. The number of H-pyrrole nitrogens is 1. The van der Waals surface area contributed by atoms with Crippen molar-refractivity contribution in [2.24, 2.45) is 0 Å². The summed E-state index contributed by atoms with van der Waals surface area (Å²) in [5.41, 5.74) is 10.3. The first-order valence-corrected chi connectivity index (χ1v) is 10.9.